The first-order valence-corrected chi connectivity index (χ1v) is 3.72. The van der Waals surface area contributed by atoms with E-state index in [1.54, 1.807) is 0 Å². The molecule has 0 aliphatic heterocycles. The van der Waals surface area contributed by atoms with E-state index in [-0.39, 0.29) is 25.9 Å². The van der Waals surface area contributed by atoms with Crippen LogP contribution in [0.2, 0.25) is 5.02 Å². The van der Waals surface area contributed by atoms with Gasteiger partial charge < -0.3 is 2.85 Å². The molecule has 1 aromatic rings. The van der Waals surface area contributed by atoms with Crippen LogP contribution in [0.3, 0.4) is 0 Å². The Hall–Kier alpha value is 0.276. The van der Waals surface area contributed by atoms with Crippen molar-refractivity contribution in [3.63, 3.8) is 0 Å². The van der Waals surface area contributed by atoms with E-state index in [4.69, 9.17) is 11.6 Å². The van der Waals surface area contributed by atoms with Crippen molar-refractivity contribution >= 4 is 34.7 Å². The van der Waals surface area contributed by atoms with Gasteiger partial charge in [-0.3, -0.25) is 0 Å². The molecule has 0 unspecified atom stereocenters. The summed E-state index contributed by atoms with van der Waals surface area (Å²) < 4.78 is 0. The fourth-order valence-electron chi connectivity index (χ4n) is 1.16. The Morgan fingerprint density at radius 3 is 1.82 bits per heavy atom. The van der Waals surface area contributed by atoms with Crippen LogP contribution < -0.4 is 0 Å². The first-order chi connectivity index (χ1) is 4.61. The van der Waals surface area contributed by atoms with Gasteiger partial charge in [0.05, 0.1) is 0 Å². The minimum Gasteiger partial charge on any atom is -1.00 e. The van der Waals surface area contributed by atoms with E-state index in [2.05, 4.69) is 19.1 Å². The van der Waals surface area contributed by atoms with Crippen LogP contribution in [0, 0.1) is 20.8 Å². The van der Waals surface area contributed by atoms with Gasteiger partial charge in [-0.25, -0.2) is 0 Å². The summed E-state index contributed by atoms with van der Waals surface area (Å²) in [5, 5.41) is 0.894. The topological polar surface area (TPSA) is 0 Å². The number of hydrogen-bond donors (Lipinski definition) is 0. The van der Waals surface area contributed by atoms with Crippen LogP contribution in [0.1, 0.15) is 19.5 Å². The van der Waals surface area contributed by atoms with Gasteiger partial charge in [-0.15, -0.1) is 0 Å². The molecule has 0 aliphatic rings. The van der Waals surface area contributed by atoms with Crippen molar-refractivity contribution in [2.45, 2.75) is 20.8 Å². The Bertz CT molecular complexity index is 241. The molecule has 0 atom stereocenters. The summed E-state index contributed by atoms with van der Waals surface area (Å²) in [5.41, 5.74) is 3.61. The zero-order valence-electron chi connectivity index (χ0n) is 9.24. The van der Waals surface area contributed by atoms with Crippen molar-refractivity contribution in [2.24, 2.45) is 0 Å². The summed E-state index contributed by atoms with van der Waals surface area (Å²) in [6.07, 6.45) is 0. The molecule has 0 spiro atoms. The van der Waals surface area contributed by atoms with Crippen LogP contribution in [0.5, 0.6) is 0 Å². The second kappa shape index (κ2) is 4.34. The monoisotopic (exact) mass is 180 g/mol. The van der Waals surface area contributed by atoms with Gasteiger partial charge in [-0.2, -0.15) is 0 Å². The van der Waals surface area contributed by atoms with Crippen molar-refractivity contribution in [1.82, 2.24) is 0 Å². The van der Waals surface area contributed by atoms with Crippen molar-refractivity contribution < 1.29 is 2.85 Å². The molecular weight excluding hydrogens is 168 g/mol. The minimum atomic E-state index is 0. The molecule has 0 nitrogen and oxygen atoms in total. The van der Waals surface area contributed by atoms with E-state index in [0.717, 1.165) is 5.02 Å². The second-order valence-corrected chi connectivity index (χ2v) is 3.09. The SMILES string of the molecule is Cc1cc(C)c(Cl)c(C)c1.[H-].[H-].[Mg+2]. The second-order valence-electron chi connectivity index (χ2n) is 2.71. The zero-order chi connectivity index (χ0) is 7.72. The molecule has 11 heavy (non-hydrogen) atoms. The molecule has 0 saturated carbocycles. The van der Waals surface area contributed by atoms with Gasteiger partial charge >= 0.3 is 23.1 Å². The van der Waals surface area contributed by atoms with E-state index in [1.165, 1.54) is 16.7 Å². The van der Waals surface area contributed by atoms with Gasteiger partial charge in [-0.05, 0) is 31.9 Å². The molecule has 0 aromatic heterocycles. The summed E-state index contributed by atoms with van der Waals surface area (Å²) in [5.74, 6) is 0. The number of rotatable bonds is 0. The maximum Gasteiger partial charge on any atom is 2.00 e. The average Bonchev–Trinajstić information content (AvgIpc) is 1.82. The van der Waals surface area contributed by atoms with E-state index < -0.39 is 0 Å². The Labute approximate surface area is 92.1 Å². The third-order valence-electron chi connectivity index (χ3n) is 1.58. The van der Waals surface area contributed by atoms with Crippen molar-refractivity contribution in [1.29, 1.82) is 0 Å². The van der Waals surface area contributed by atoms with E-state index in [0.29, 0.717) is 0 Å². The van der Waals surface area contributed by atoms with Crippen LogP contribution in [0.4, 0.5) is 0 Å². The molecule has 0 heterocycles. The number of benzene rings is 1. The number of hydrogen-bond acceptors (Lipinski definition) is 0. The molecule has 1 rings (SSSR count). The van der Waals surface area contributed by atoms with Crippen LogP contribution in [-0.4, -0.2) is 23.1 Å². The molecule has 2 heteroatoms. The molecule has 0 radical (unpaired) electrons. The zero-order valence-corrected chi connectivity index (χ0v) is 9.41. The van der Waals surface area contributed by atoms with E-state index in [9.17, 15) is 0 Å². The van der Waals surface area contributed by atoms with Crippen LogP contribution in [0.25, 0.3) is 0 Å². The molecule has 0 N–H and O–H groups in total. The van der Waals surface area contributed by atoms with Crippen LogP contribution in [0.15, 0.2) is 12.1 Å². The van der Waals surface area contributed by atoms with Gasteiger partial charge in [-0.1, -0.05) is 29.3 Å². The van der Waals surface area contributed by atoms with Crippen molar-refractivity contribution in [2.75, 3.05) is 0 Å². The first kappa shape index (κ1) is 11.3. The van der Waals surface area contributed by atoms with Gasteiger partial charge in [0.2, 0.25) is 0 Å². The number of halogens is 1. The van der Waals surface area contributed by atoms with Crippen molar-refractivity contribution in [3.8, 4) is 0 Å². The largest absolute Gasteiger partial charge is 2.00 e. The van der Waals surface area contributed by atoms with Crippen LogP contribution >= 0.6 is 11.6 Å². The molecule has 0 fully saturated rings. The molecule has 0 aliphatic carbocycles. The first-order valence-electron chi connectivity index (χ1n) is 3.34. The Morgan fingerprint density at radius 1 is 1.09 bits per heavy atom. The summed E-state index contributed by atoms with van der Waals surface area (Å²) in [6, 6.07) is 4.19. The summed E-state index contributed by atoms with van der Waals surface area (Å²) >= 11 is 5.95. The predicted molar refractivity (Wildman–Crippen MR) is 53.6 cm³/mol. The third-order valence-corrected chi connectivity index (χ3v) is 2.18. The van der Waals surface area contributed by atoms with Gasteiger partial charge in [0, 0.05) is 5.02 Å². The molecule has 0 amide bonds. The Kier molecular flexibility index (Phi) is 4.45. The van der Waals surface area contributed by atoms with E-state index in [1.807, 2.05) is 13.8 Å². The summed E-state index contributed by atoms with van der Waals surface area (Å²) in [7, 11) is 0. The normalized spacial score (nSPS) is 9.09. The maximum absolute atomic E-state index is 5.95. The quantitative estimate of drug-likeness (QED) is 0.539. The fraction of sp³-hybridized carbons (Fsp3) is 0.333. The number of aryl methyl sites for hydroxylation is 3. The fourth-order valence-corrected chi connectivity index (χ4v) is 1.27. The van der Waals surface area contributed by atoms with Crippen LogP contribution in [-0.2, 0) is 0 Å². The molecule has 0 saturated heterocycles. The third kappa shape index (κ3) is 2.66. The molecular formula is C9H13ClMg. The van der Waals surface area contributed by atoms with Gasteiger partial charge in [0.1, 0.15) is 0 Å². The minimum absolute atomic E-state index is 0. The average molecular weight is 181 g/mol. The predicted octanol–water partition coefficient (Wildman–Crippen LogP) is 3.11. The van der Waals surface area contributed by atoms with Gasteiger partial charge in [0.25, 0.3) is 0 Å². The molecule has 0 bridgehead atoms. The molecule has 58 valence electrons. The van der Waals surface area contributed by atoms with Crippen molar-refractivity contribution in [3.05, 3.63) is 33.8 Å². The molecule has 1 aromatic carbocycles. The summed E-state index contributed by atoms with van der Waals surface area (Å²) in [4.78, 5) is 0. The smallest absolute Gasteiger partial charge is 1.00 e. The summed E-state index contributed by atoms with van der Waals surface area (Å²) in [6.45, 7) is 6.14. The van der Waals surface area contributed by atoms with Gasteiger partial charge in [0.15, 0.2) is 0 Å². The van der Waals surface area contributed by atoms with E-state index >= 15 is 0 Å². The standard InChI is InChI=1S/C9H11Cl.Mg.2H/c1-6-4-7(2)9(10)8(3)5-6;;;/h4-5H,1-3H3;;;/q;+2;2*-1. The Morgan fingerprint density at radius 2 is 1.45 bits per heavy atom. The Balaban J connectivity index is -0.000000333. The maximum atomic E-state index is 5.95.